The normalized spacial score (nSPS) is 22.4. The molecule has 0 bridgehead atoms. The highest BCUT2D eigenvalue weighted by molar-refractivity contribution is 5.68. The van der Waals surface area contributed by atoms with Gasteiger partial charge in [-0.3, -0.25) is 0 Å². The molecule has 1 aliphatic rings. The predicted molar refractivity (Wildman–Crippen MR) is 92.1 cm³/mol. The van der Waals surface area contributed by atoms with Crippen molar-refractivity contribution in [1.82, 2.24) is 10.2 Å². The third-order valence-electron chi connectivity index (χ3n) is 4.50. The topological polar surface area (TPSA) is 41.6 Å². The minimum atomic E-state index is -0.416. The second kappa shape index (κ2) is 9.39. The predicted octanol–water partition coefficient (Wildman–Crippen LogP) is 4.19. The lowest BCUT2D eigenvalue weighted by molar-refractivity contribution is 0.0258. The minimum Gasteiger partial charge on any atom is -0.444 e. The quantitative estimate of drug-likeness (QED) is 0.717. The maximum atomic E-state index is 12.0. The number of nitrogens with zero attached hydrogens (tertiary/aromatic N) is 1. The lowest BCUT2D eigenvalue weighted by Gasteiger charge is -2.29. The first-order chi connectivity index (χ1) is 10.4. The van der Waals surface area contributed by atoms with Gasteiger partial charge >= 0.3 is 6.09 Å². The number of ether oxygens (including phenoxy) is 1. The Kier molecular flexibility index (Phi) is 8.23. The third-order valence-corrected chi connectivity index (χ3v) is 4.50. The maximum Gasteiger partial charge on any atom is 0.410 e. The second-order valence-corrected chi connectivity index (χ2v) is 7.49. The molecule has 22 heavy (non-hydrogen) atoms. The molecule has 0 radical (unpaired) electrons. The molecule has 1 rings (SSSR count). The van der Waals surface area contributed by atoms with Gasteiger partial charge in [0.25, 0.3) is 0 Å². The van der Waals surface area contributed by atoms with E-state index in [1.54, 1.807) is 4.90 Å². The van der Waals surface area contributed by atoms with Crippen molar-refractivity contribution in [2.24, 2.45) is 5.92 Å². The Morgan fingerprint density at radius 1 is 1.18 bits per heavy atom. The summed E-state index contributed by atoms with van der Waals surface area (Å²) >= 11 is 0. The Morgan fingerprint density at radius 2 is 1.82 bits per heavy atom. The van der Waals surface area contributed by atoms with Crippen molar-refractivity contribution in [2.45, 2.75) is 84.8 Å². The first-order valence-corrected chi connectivity index (χ1v) is 9.07. The molecular formula is C18H36N2O2. The highest BCUT2D eigenvalue weighted by Gasteiger charge is 2.21. The molecule has 1 saturated carbocycles. The highest BCUT2D eigenvalue weighted by Crippen LogP contribution is 2.26. The summed E-state index contributed by atoms with van der Waals surface area (Å²) in [4.78, 5) is 13.8. The highest BCUT2D eigenvalue weighted by atomic mass is 16.6. The lowest BCUT2D eigenvalue weighted by atomic mass is 9.84. The number of hydrogen-bond donors (Lipinski definition) is 1. The van der Waals surface area contributed by atoms with Crippen molar-refractivity contribution in [3.8, 4) is 0 Å². The van der Waals surface area contributed by atoms with Crippen LogP contribution in [0, 0.1) is 5.92 Å². The van der Waals surface area contributed by atoms with Gasteiger partial charge in [0.05, 0.1) is 0 Å². The van der Waals surface area contributed by atoms with Crippen LogP contribution in [0.5, 0.6) is 0 Å². The Balaban J connectivity index is 2.18. The van der Waals surface area contributed by atoms with Crippen LogP contribution in [0.1, 0.15) is 73.1 Å². The molecule has 4 heteroatoms. The van der Waals surface area contributed by atoms with Gasteiger partial charge in [0, 0.05) is 19.1 Å². The number of carbonyl (C=O) groups is 1. The van der Waals surface area contributed by atoms with Crippen LogP contribution in [0.4, 0.5) is 4.79 Å². The first-order valence-electron chi connectivity index (χ1n) is 9.07. The SMILES string of the molecule is CCC1CCC(NCCCN(CC)C(=O)OC(C)(C)C)CC1. The van der Waals surface area contributed by atoms with E-state index < -0.39 is 5.60 Å². The van der Waals surface area contributed by atoms with Gasteiger partial charge in [-0.25, -0.2) is 4.79 Å². The molecule has 0 aromatic carbocycles. The largest absolute Gasteiger partial charge is 0.444 e. The van der Waals surface area contributed by atoms with Crippen LogP contribution in [-0.2, 0) is 4.74 Å². The summed E-state index contributed by atoms with van der Waals surface area (Å²) in [5, 5.41) is 3.65. The standard InChI is InChI=1S/C18H36N2O2/c1-6-15-9-11-16(12-10-15)19-13-8-14-20(7-2)17(21)22-18(3,4)5/h15-16,19H,6-14H2,1-5H3. The number of amides is 1. The summed E-state index contributed by atoms with van der Waals surface area (Å²) in [6.45, 7) is 12.5. The van der Waals surface area contributed by atoms with Gasteiger partial charge in [-0.1, -0.05) is 13.3 Å². The van der Waals surface area contributed by atoms with Crippen LogP contribution in [0.2, 0.25) is 0 Å². The summed E-state index contributed by atoms with van der Waals surface area (Å²) in [6, 6.07) is 0.680. The molecular weight excluding hydrogens is 276 g/mol. The average Bonchev–Trinajstić information content (AvgIpc) is 2.46. The maximum absolute atomic E-state index is 12.0. The summed E-state index contributed by atoms with van der Waals surface area (Å²) in [5.41, 5.74) is -0.416. The van der Waals surface area contributed by atoms with E-state index in [0.29, 0.717) is 12.6 Å². The molecule has 130 valence electrons. The monoisotopic (exact) mass is 312 g/mol. The van der Waals surface area contributed by atoms with E-state index in [1.807, 2.05) is 27.7 Å². The van der Waals surface area contributed by atoms with Crippen molar-refractivity contribution in [3.05, 3.63) is 0 Å². The van der Waals surface area contributed by atoms with Gasteiger partial charge in [-0.05, 0) is 72.3 Å². The molecule has 0 atom stereocenters. The molecule has 1 fully saturated rings. The summed E-state index contributed by atoms with van der Waals surface area (Å²) < 4.78 is 5.43. The molecule has 0 unspecified atom stereocenters. The third kappa shape index (κ3) is 7.48. The number of hydrogen-bond acceptors (Lipinski definition) is 3. The summed E-state index contributed by atoms with van der Waals surface area (Å²) in [7, 11) is 0. The second-order valence-electron chi connectivity index (χ2n) is 7.49. The molecule has 0 heterocycles. The lowest BCUT2D eigenvalue weighted by Crippen LogP contribution is -2.39. The molecule has 0 aliphatic heterocycles. The van der Waals surface area contributed by atoms with Gasteiger partial charge < -0.3 is 15.0 Å². The molecule has 1 N–H and O–H groups in total. The Morgan fingerprint density at radius 3 is 2.32 bits per heavy atom. The summed E-state index contributed by atoms with van der Waals surface area (Å²) in [6.07, 6.45) is 7.47. The van der Waals surface area contributed by atoms with Crippen molar-refractivity contribution < 1.29 is 9.53 Å². The van der Waals surface area contributed by atoms with Gasteiger partial charge in [0.15, 0.2) is 0 Å². The molecule has 4 nitrogen and oxygen atoms in total. The Labute approximate surface area is 137 Å². The summed E-state index contributed by atoms with van der Waals surface area (Å²) in [5.74, 6) is 0.945. The molecule has 0 spiro atoms. The van der Waals surface area contributed by atoms with E-state index in [1.165, 1.54) is 32.1 Å². The average molecular weight is 312 g/mol. The van der Waals surface area contributed by atoms with Gasteiger partial charge in [0.2, 0.25) is 0 Å². The fourth-order valence-corrected chi connectivity index (χ4v) is 3.06. The molecule has 0 aromatic rings. The fourth-order valence-electron chi connectivity index (χ4n) is 3.06. The zero-order chi connectivity index (χ0) is 16.6. The fraction of sp³-hybridized carbons (Fsp3) is 0.944. The van der Waals surface area contributed by atoms with Gasteiger partial charge in [0.1, 0.15) is 5.60 Å². The van der Waals surface area contributed by atoms with E-state index in [4.69, 9.17) is 4.74 Å². The van der Waals surface area contributed by atoms with Crippen LogP contribution in [0.3, 0.4) is 0 Å². The Hall–Kier alpha value is -0.770. The van der Waals surface area contributed by atoms with Crippen LogP contribution in [0.15, 0.2) is 0 Å². The van der Waals surface area contributed by atoms with E-state index >= 15 is 0 Å². The van der Waals surface area contributed by atoms with Gasteiger partial charge in [-0.15, -0.1) is 0 Å². The molecule has 0 saturated heterocycles. The number of rotatable bonds is 7. The number of carbonyl (C=O) groups excluding carboxylic acids is 1. The zero-order valence-electron chi connectivity index (χ0n) is 15.3. The van der Waals surface area contributed by atoms with Crippen molar-refractivity contribution in [3.63, 3.8) is 0 Å². The van der Waals surface area contributed by atoms with Gasteiger partial charge in [-0.2, -0.15) is 0 Å². The molecule has 0 aromatic heterocycles. The van der Waals surface area contributed by atoms with Crippen molar-refractivity contribution in [1.29, 1.82) is 0 Å². The molecule has 1 amide bonds. The van der Waals surface area contributed by atoms with Crippen LogP contribution >= 0.6 is 0 Å². The molecule has 1 aliphatic carbocycles. The zero-order valence-corrected chi connectivity index (χ0v) is 15.3. The van der Waals surface area contributed by atoms with Crippen LogP contribution < -0.4 is 5.32 Å². The van der Waals surface area contributed by atoms with Crippen molar-refractivity contribution >= 4 is 6.09 Å². The Bertz CT molecular complexity index is 318. The van der Waals surface area contributed by atoms with E-state index in [2.05, 4.69) is 12.2 Å². The van der Waals surface area contributed by atoms with E-state index in [9.17, 15) is 4.79 Å². The van der Waals surface area contributed by atoms with Crippen LogP contribution in [-0.4, -0.2) is 42.3 Å². The minimum absolute atomic E-state index is 0.196. The van der Waals surface area contributed by atoms with Crippen molar-refractivity contribution in [2.75, 3.05) is 19.6 Å². The smallest absolute Gasteiger partial charge is 0.410 e. The first kappa shape index (κ1) is 19.3. The number of nitrogens with one attached hydrogen (secondary N) is 1. The van der Waals surface area contributed by atoms with Crippen LogP contribution in [0.25, 0.3) is 0 Å². The van der Waals surface area contributed by atoms with E-state index in [-0.39, 0.29) is 6.09 Å². The van der Waals surface area contributed by atoms with E-state index in [0.717, 1.165) is 25.4 Å².